The van der Waals surface area contributed by atoms with Gasteiger partial charge in [-0.3, -0.25) is 4.79 Å². The van der Waals surface area contributed by atoms with Crippen molar-refractivity contribution in [2.75, 3.05) is 7.11 Å². The van der Waals surface area contributed by atoms with Gasteiger partial charge < -0.3 is 10.1 Å². The molecule has 1 aliphatic carbocycles. The fourth-order valence-corrected chi connectivity index (χ4v) is 3.52. The number of carbonyl (C=O) groups is 1. The summed E-state index contributed by atoms with van der Waals surface area (Å²) in [6, 6.07) is 11.9. The molecule has 2 aromatic rings. The van der Waals surface area contributed by atoms with Crippen molar-refractivity contribution in [1.82, 2.24) is 5.32 Å². The Morgan fingerprint density at radius 1 is 1.30 bits per heavy atom. The third-order valence-electron chi connectivity index (χ3n) is 5.19. The maximum absolute atomic E-state index is 13.9. The molecule has 140 valence electrons. The topological polar surface area (TPSA) is 62.1 Å². The Morgan fingerprint density at radius 3 is 2.63 bits per heavy atom. The lowest BCUT2D eigenvalue weighted by atomic mass is 9.92. The quantitative estimate of drug-likeness (QED) is 0.828. The van der Waals surface area contributed by atoms with Crippen molar-refractivity contribution in [1.29, 1.82) is 5.26 Å². The number of amides is 1. The average molecular weight is 366 g/mol. The van der Waals surface area contributed by atoms with Crippen molar-refractivity contribution in [2.45, 2.75) is 44.6 Å². The van der Waals surface area contributed by atoms with Crippen molar-refractivity contribution in [3.05, 3.63) is 64.5 Å². The van der Waals surface area contributed by atoms with E-state index in [1.54, 1.807) is 13.2 Å². The second-order valence-electron chi connectivity index (χ2n) is 7.14. The van der Waals surface area contributed by atoms with Crippen LogP contribution in [-0.4, -0.2) is 13.0 Å². The normalized spacial score (nSPS) is 15.5. The first-order valence-electron chi connectivity index (χ1n) is 9.09. The lowest BCUT2D eigenvalue weighted by Crippen LogP contribution is -2.37. The zero-order valence-corrected chi connectivity index (χ0v) is 15.8. The van der Waals surface area contributed by atoms with Crippen molar-refractivity contribution in [2.24, 2.45) is 0 Å². The van der Waals surface area contributed by atoms with E-state index in [1.807, 2.05) is 38.1 Å². The molecular formula is C22H23FN2O2. The van der Waals surface area contributed by atoms with E-state index in [9.17, 15) is 9.18 Å². The van der Waals surface area contributed by atoms with Crippen molar-refractivity contribution in [3.63, 3.8) is 0 Å². The Kier molecular flexibility index (Phi) is 5.18. The molecule has 0 bridgehead atoms. The number of benzene rings is 2. The van der Waals surface area contributed by atoms with Gasteiger partial charge in [-0.2, -0.15) is 5.26 Å². The molecule has 0 radical (unpaired) electrons. The standard InChI is InChI=1S/C22H23FN2O2/c1-4-20(16-7-14(2)8-19(11-16)27-3)25-21(26)22(5-6-22)17-9-15(13-24)10-18(23)12-17/h7-12,20H,4-6H2,1-3H3,(H,25,26). The lowest BCUT2D eigenvalue weighted by molar-refractivity contribution is -0.124. The van der Waals surface area contributed by atoms with E-state index < -0.39 is 11.2 Å². The highest BCUT2D eigenvalue weighted by Gasteiger charge is 2.52. The summed E-state index contributed by atoms with van der Waals surface area (Å²) in [5.74, 6) is 0.144. The second kappa shape index (κ2) is 7.40. The predicted molar refractivity (Wildman–Crippen MR) is 101 cm³/mol. The molecule has 3 rings (SSSR count). The molecule has 1 amide bonds. The summed E-state index contributed by atoms with van der Waals surface area (Å²) >= 11 is 0. The van der Waals surface area contributed by atoms with Crippen LogP contribution in [0.25, 0.3) is 0 Å². The first-order chi connectivity index (χ1) is 12.9. The van der Waals surface area contributed by atoms with Gasteiger partial charge in [0.15, 0.2) is 0 Å². The highest BCUT2D eigenvalue weighted by Crippen LogP contribution is 2.49. The number of aryl methyl sites for hydroxylation is 1. The number of methoxy groups -OCH3 is 1. The SMILES string of the molecule is CCC(NC(=O)C1(c2cc(F)cc(C#N)c2)CC1)c1cc(C)cc(OC)c1. The van der Waals surface area contributed by atoms with Gasteiger partial charge in [0.25, 0.3) is 0 Å². The van der Waals surface area contributed by atoms with Crippen LogP contribution < -0.4 is 10.1 Å². The lowest BCUT2D eigenvalue weighted by Gasteiger charge is -2.23. The van der Waals surface area contributed by atoms with Crippen molar-refractivity contribution in [3.8, 4) is 11.8 Å². The molecule has 4 nitrogen and oxygen atoms in total. The molecule has 0 aliphatic heterocycles. The number of nitrogens with zero attached hydrogens (tertiary/aromatic N) is 1. The zero-order valence-electron chi connectivity index (χ0n) is 15.8. The molecule has 27 heavy (non-hydrogen) atoms. The third-order valence-corrected chi connectivity index (χ3v) is 5.19. The minimum Gasteiger partial charge on any atom is -0.497 e. The molecule has 0 saturated heterocycles. The molecule has 0 aromatic heterocycles. The fraction of sp³-hybridized carbons (Fsp3) is 0.364. The van der Waals surface area contributed by atoms with Gasteiger partial charge in [-0.15, -0.1) is 0 Å². The molecule has 0 spiro atoms. The van der Waals surface area contributed by atoms with Crippen LogP contribution >= 0.6 is 0 Å². The number of hydrogen-bond donors (Lipinski definition) is 1. The van der Waals surface area contributed by atoms with E-state index in [4.69, 9.17) is 10.00 Å². The highest BCUT2D eigenvalue weighted by atomic mass is 19.1. The van der Waals surface area contributed by atoms with Gasteiger partial charge in [0.1, 0.15) is 11.6 Å². The summed E-state index contributed by atoms with van der Waals surface area (Å²) in [6.45, 7) is 3.99. The van der Waals surface area contributed by atoms with Crippen LogP contribution in [0.1, 0.15) is 54.5 Å². The number of nitriles is 1. The minimum atomic E-state index is -0.741. The van der Waals surface area contributed by atoms with Gasteiger partial charge in [-0.1, -0.05) is 13.0 Å². The van der Waals surface area contributed by atoms with E-state index in [0.29, 0.717) is 18.4 Å². The van der Waals surface area contributed by atoms with Gasteiger partial charge in [0.05, 0.1) is 30.2 Å². The van der Waals surface area contributed by atoms with E-state index >= 15 is 0 Å². The molecule has 2 aromatic carbocycles. The summed E-state index contributed by atoms with van der Waals surface area (Å²) in [7, 11) is 1.62. The summed E-state index contributed by atoms with van der Waals surface area (Å²) in [5, 5.41) is 12.2. The van der Waals surface area contributed by atoms with Gasteiger partial charge in [0.2, 0.25) is 5.91 Å². The van der Waals surface area contributed by atoms with Crippen LogP contribution in [0.15, 0.2) is 36.4 Å². The van der Waals surface area contributed by atoms with E-state index in [0.717, 1.165) is 23.3 Å². The van der Waals surface area contributed by atoms with Crippen LogP contribution in [0, 0.1) is 24.1 Å². The highest BCUT2D eigenvalue weighted by molar-refractivity contribution is 5.91. The molecule has 1 N–H and O–H groups in total. The van der Waals surface area contributed by atoms with Gasteiger partial charge in [-0.05, 0) is 73.2 Å². The Morgan fingerprint density at radius 2 is 2.04 bits per heavy atom. The van der Waals surface area contributed by atoms with Gasteiger partial charge in [0, 0.05) is 0 Å². The van der Waals surface area contributed by atoms with Crippen molar-refractivity contribution >= 4 is 5.91 Å². The Balaban J connectivity index is 1.86. The van der Waals surface area contributed by atoms with E-state index in [1.165, 1.54) is 12.1 Å². The maximum Gasteiger partial charge on any atom is 0.231 e. The monoisotopic (exact) mass is 366 g/mol. The maximum atomic E-state index is 13.9. The molecule has 1 saturated carbocycles. The number of nitrogens with one attached hydrogen (secondary N) is 1. The zero-order chi connectivity index (χ0) is 19.6. The Labute approximate surface area is 159 Å². The summed E-state index contributed by atoms with van der Waals surface area (Å²) < 4.78 is 19.2. The number of halogens is 1. The molecule has 1 fully saturated rings. The Bertz CT molecular complexity index is 913. The fourth-order valence-electron chi connectivity index (χ4n) is 3.52. The van der Waals surface area contributed by atoms with Gasteiger partial charge >= 0.3 is 0 Å². The summed E-state index contributed by atoms with van der Waals surface area (Å²) in [5.41, 5.74) is 2.11. The van der Waals surface area contributed by atoms with Crippen molar-refractivity contribution < 1.29 is 13.9 Å². The molecule has 0 heterocycles. The first kappa shape index (κ1) is 18.9. The number of rotatable bonds is 6. The molecule has 1 atom stereocenters. The average Bonchev–Trinajstić information content (AvgIpc) is 3.46. The molecule has 1 aliphatic rings. The van der Waals surface area contributed by atoms with Crippen LogP contribution in [0.5, 0.6) is 5.75 Å². The van der Waals surface area contributed by atoms with Crippen LogP contribution in [-0.2, 0) is 10.2 Å². The molecule has 1 unspecified atom stereocenters. The summed E-state index contributed by atoms with van der Waals surface area (Å²) in [6.07, 6.45) is 2.03. The summed E-state index contributed by atoms with van der Waals surface area (Å²) in [4.78, 5) is 13.1. The van der Waals surface area contributed by atoms with Gasteiger partial charge in [-0.25, -0.2) is 4.39 Å². The van der Waals surface area contributed by atoms with Crippen LogP contribution in [0.4, 0.5) is 4.39 Å². The van der Waals surface area contributed by atoms with Crippen LogP contribution in [0.2, 0.25) is 0 Å². The number of carbonyl (C=O) groups excluding carboxylic acids is 1. The largest absolute Gasteiger partial charge is 0.497 e. The van der Waals surface area contributed by atoms with E-state index in [-0.39, 0.29) is 17.5 Å². The number of hydrogen-bond acceptors (Lipinski definition) is 3. The smallest absolute Gasteiger partial charge is 0.231 e. The van der Waals surface area contributed by atoms with E-state index in [2.05, 4.69) is 5.32 Å². The van der Waals surface area contributed by atoms with Crippen LogP contribution in [0.3, 0.4) is 0 Å². The molecular weight excluding hydrogens is 343 g/mol. The first-order valence-corrected chi connectivity index (χ1v) is 9.09. The third kappa shape index (κ3) is 3.80. The number of ether oxygens (including phenoxy) is 1. The predicted octanol–water partition coefficient (Wildman–Crippen LogP) is 4.31. The second-order valence-corrected chi connectivity index (χ2v) is 7.14. The Hall–Kier alpha value is -2.87. The minimum absolute atomic E-state index is 0.121. The molecule has 5 heteroatoms.